The largest absolute Gasteiger partial charge is 0.361 e. The van der Waals surface area contributed by atoms with E-state index in [0.717, 1.165) is 32.7 Å². The second-order valence-corrected chi connectivity index (χ2v) is 6.97. The Morgan fingerprint density at radius 3 is 2.73 bits per heavy atom. The van der Waals surface area contributed by atoms with Gasteiger partial charge in [-0.15, -0.1) is 0 Å². The van der Waals surface area contributed by atoms with Crippen molar-refractivity contribution in [1.82, 2.24) is 10.2 Å². The standard InChI is InChI=1S/C18H27N3O/c1-14-9-15(2)12-21(11-14)18(22)13-20-8-7-19-10-16-5-3-4-6-17(16)20/h3-6,14-15,19H,7-13H2,1-2H3. The molecule has 2 heterocycles. The highest BCUT2D eigenvalue weighted by Gasteiger charge is 2.27. The summed E-state index contributed by atoms with van der Waals surface area (Å²) in [6.45, 7) is 9.53. The van der Waals surface area contributed by atoms with Crippen LogP contribution in [-0.2, 0) is 11.3 Å². The maximum Gasteiger partial charge on any atom is 0.242 e. The molecule has 1 saturated heterocycles. The van der Waals surface area contributed by atoms with Gasteiger partial charge in [-0.2, -0.15) is 0 Å². The van der Waals surface area contributed by atoms with Gasteiger partial charge in [0.1, 0.15) is 0 Å². The van der Waals surface area contributed by atoms with Gasteiger partial charge in [0.2, 0.25) is 5.91 Å². The molecule has 2 aliphatic rings. The smallest absolute Gasteiger partial charge is 0.242 e. The number of nitrogens with zero attached hydrogens (tertiary/aromatic N) is 2. The highest BCUT2D eigenvalue weighted by Crippen LogP contribution is 2.24. The van der Waals surface area contributed by atoms with Crippen molar-refractivity contribution in [2.75, 3.05) is 37.6 Å². The molecule has 22 heavy (non-hydrogen) atoms. The third-order valence-electron chi connectivity index (χ3n) is 4.75. The van der Waals surface area contributed by atoms with Crippen LogP contribution >= 0.6 is 0 Å². The summed E-state index contributed by atoms with van der Waals surface area (Å²) in [5, 5.41) is 3.43. The summed E-state index contributed by atoms with van der Waals surface area (Å²) in [5.41, 5.74) is 2.49. The van der Waals surface area contributed by atoms with Gasteiger partial charge in [-0.1, -0.05) is 32.0 Å². The molecule has 1 fully saturated rings. The van der Waals surface area contributed by atoms with Crippen molar-refractivity contribution < 1.29 is 4.79 Å². The third-order valence-corrected chi connectivity index (χ3v) is 4.75. The van der Waals surface area contributed by atoms with E-state index in [1.807, 2.05) is 0 Å². The quantitative estimate of drug-likeness (QED) is 0.908. The molecule has 1 aromatic carbocycles. The first kappa shape index (κ1) is 15.3. The van der Waals surface area contributed by atoms with Gasteiger partial charge < -0.3 is 15.1 Å². The molecule has 0 bridgehead atoms. The molecular weight excluding hydrogens is 274 g/mol. The number of benzene rings is 1. The van der Waals surface area contributed by atoms with Crippen molar-refractivity contribution in [3.8, 4) is 0 Å². The van der Waals surface area contributed by atoms with E-state index < -0.39 is 0 Å². The third kappa shape index (κ3) is 3.43. The fraction of sp³-hybridized carbons (Fsp3) is 0.611. The molecule has 4 heteroatoms. The average molecular weight is 301 g/mol. The maximum absolute atomic E-state index is 12.7. The first-order valence-electron chi connectivity index (χ1n) is 8.45. The number of amides is 1. The summed E-state index contributed by atoms with van der Waals surface area (Å²) in [4.78, 5) is 17.1. The van der Waals surface area contributed by atoms with Crippen molar-refractivity contribution in [2.45, 2.75) is 26.8 Å². The normalized spacial score (nSPS) is 25.5. The Kier molecular flexibility index (Phi) is 4.67. The van der Waals surface area contributed by atoms with Crippen LogP contribution in [0.3, 0.4) is 0 Å². The summed E-state index contributed by atoms with van der Waals surface area (Å²) < 4.78 is 0. The summed E-state index contributed by atoms with van der Waals surface area (Å²) in [6.07, 6.45) is 1.24. The Labute approximate surface area is 133 Å². The minimum atomic E-state index is 0.273. The van der Waals surface area contributed by atoms with Gasteiger partial charge >= 0.3 is 0 Å². The van der Waals surface area contributed by atoms with Gasteiger partial charge in [0, 0.05) is 38.4 Å². The molecule has 2 aliphatic heterocycles. The minimum absolute atomic E-state index is 0.273. The van der Waals surface area contributed by atoms with E-state index in [-0.39, 0.29) is 5.91 Å². The molecule has 0 radical (unpaired) electrons. The number of para-hydroxylation sites is 1. The molecule has 4 nitrogen and oxygen atoms in total. The van der Waals surface area contributed by atoms with E-state index in [1.54, 1.807) is 0 Å². The van der Waals surface area contributed by atoms with E-state index in [9.17, 15) is 4.79 Å². The van der Waals surface area contributed by atoms with Crippen molar-refractivity contribution in [3.05, 3.63) is 29.8 Å². The molecule has 0 aliphatic carbocycles. The van der Waals surface area contributed by atoms with Gasteiger partial charge in [-0.05, 0) is 29.9 Å². The second-order valence-electron chi connectivity index (χ2n) is 6.97. The monoisotopic (exact) mass is 301 g/mol. The van der Waals surface area contributed by atoms with Gasteiger partial charge in [0.25, 0.3) is 0 Å². The van der Waals surface area contributed by atoms with E-state index >= 15 is 0 Å². The summed E-state index contributed by atoms with van der Waals surface area (Å²) in [7, 11) is 0. The van der Waals surface area contributed by atoms with E-state index in [4.69, 9.17) is 0 Å². The van der Waals surface area contributed by atoms with Gasteiger partial charge in [-0.25, -0.2) is 0 Å². The van der Waals surface area contributed by atoms with Crippen LogP contribution in [0.4, 0.5) is 5.69 Å². The molecule has 2 atom stereocenters. The number of piperidine rings is 1. The Morgan fingerprint density at radius 2 is 1.95 bits per heavy atom. The van der Waals surface area contributed by atoms with Crippen LogP contribution in [0.15, 0.2) is 24.3 Å². The number of hydrogen-bond donors (Lipinski definition) is 1. The number of anilines is 1. The summed E-state index contributed by atoms with van der Waals surface area (Å²) in [6, 6.07) is 8.42. The number of carbonyl (C=O) groups is 1. The Hall–Kier alpha value is -1.55. The SMILES string of the molecule is CC1CC(C)CN(C(=O)CN2CCNCc3ccccc32)C1. The van der Waals surface area contributed by atoms with Crippen molar-refractivity contribution in [2.24, 2.45) is 11.8 Å². The predicted octanol–water partition coefficient (Wildman–Crippen LogP) is 2.10. The number of nitrogens with one attached hydrogen (secondary N) is 1. The molecule has 0 spiro atoms. The lowest BCUT2D eigenvalue weighted by molar-refractivity contribution is -0.132. The van der Waals surface area contributed by atoms with Crippen LogP contribution in [0.2, 0.25) is 0 Å². The minimum Gasteiger partial charge on any atom is -0.361 e. The topological polar surface area (TPSA) is 35.6 Å². The van der Waals surface area contributed by atoms with Gasteiger partial charge in [0.05, 0.1) is 6.54 Å². The zero-order valence-electron chi connectivity index (χ0n) is 13.7. The zero-order chi connectivity index (χ0) is 15.5. The van der Waals surface area contributed by atoms with E-state index in [2.05, 4.69) is 53.2 Å². The second kappa shape index (κ2) is 6.69. The molecular formula is C18H27N3O. The molecule has 1 N–H and O–H groups in total. The molecule has 0 aromatic heterocycles. The molecule has 0 saturated carbocycles. The van der Waals surface area contributed by atoms with Crippen molar-refractivity contribution >= 4 is 11.6 Å². The summed E-state index contributed by atoms with van der Waals surface area (Å²) in [5.74, 6) is 1.51. The molecule has 1 amide bonds. The Balaban J connectivity index is 1.71. The number of carbonyl (C=O) groups excluding carboxylic acids is 1. The lowest BCUT2D eigenvalue weighted by Gasteiger charge is -2.36. The number of fused-ring (bicyclic) bond motifs is 1. The first-order chi connectivity index (χ1) is 10.6. The van der Waals surface area contributed by atoms with Crippen LogP contribution in [0.25, 0.3) is 0 Å². The Morgan fingerprint density at radius 1 is 1.23 bits per heavy atom. The van der Waals surface area contributed by atoms with Crippen molar-refractivity contribution in [1.29, 1.82) is 0 Å². The molecule has 2 unspecified atom stereocenters. The maximum atomic E-state index is 12.7. The number of rotatable bonds is 2. The fourth-order valence-corrected chi connectivity index (χ4v) is 3.82. The Bertz CT molecular complexity index is 521. The first-order valence-corrected chi connectivity index (χ1v) is 8.45. The van der Waals surface area contributed by atoms with Gasteiger partial charge in [0.15, 0.2) is 0 Å². The summed E-state index contributed by atoms with van der Waals surface area (Å²) >= 11 is 0. The van der Waals surface area contributed by atoms with E-state index in [0.29, 0.717) is 18.4 Å². The molecule has 120 valence electrons. The van der Waals surface area contributed by atoms with E-state index in [1.165, 1.54) is 17.7 Å². The van der Waals surface area contributed by atoms with Crippen LogP contribution in [-0.4, -0.2) is 43.5 Å². The molecule has 1 aromatic rings. The fourth-order valence-electron chi connectivity index (χ4n) is 3.82. The lowest BCUT2D eigenvalue weighted by atomic mass is 9.92. The molecule has 3 rings (SSSR count). The van der Waals surface area contributed by atoms with Crippen LogP contribution in [0.1, 0.15) is 25.8 Å². The number of hydrogen-bond acceptors (Lipinski definition) is 3. The van der Waals surface area contributed by atoms with Crippen LogP contribution in [0.5, 0.6) is 0 Å². The van der Waals surface area contributed by atoms with Crippen LogP contribution in [0, 0.1) is 11.8 Å². The highest BCUT2D eigenvalue weighted by molar-refractivity contribution is 5.82. The van der Waals surface area contributed by atoms with Crippen molar-refractivity contribution in [3.63, 3.8) is 0 Å². The highest BCUT2D eigenvalue weighted by atomic mass is 16.2. The zero-order valence-corrected chi connectivity index (χ0v) is 13.7. The average Bonchev–Trinajstić information content (AvgIpc) is 2.69. The number of likely N-dealkylation sites (tertiary alicyclic amines) is 1. The van der Waals surface area contributed by atoms with Crippen LogP contribution < -0.4 is 10.2 Å². The van der Waals surface area contributed by atoms with Gasteiger partial charge in [-0.3, -0.25) is 4.79 Å². The lowest BCUT2D eigenvalue weighted by Crippen LogP contribution is -2.47. The predicted molar refractivity (Wildman–Crippen MR) is 89.9 cm³/mol.